The van der Waals surface area contributed by atoms with Crippen LogP contribution in [0.5, 0.6) is 5.75 Å². The molecule has 2 aromatic rings. The van der Waals surface area contributed by atoms with Crippen molar-refractivity contribution in [1.82, 2.24) is 0 Å². The first-order valence-corrected chi connectivity index (χ1v) is 11.5. The van der Waals surface area contributed by atoms with Gasteiger partial charge in [-0.1, -0.05) is 19.1 Å². The van der Waals surface area contributed by atoms with Gasteiger partial charge in [-0.2, -0.15) is 0 Å². The first kappa shape index (κ1) is 19.0. The maximum absolute atomic E-state index is 14.7. The van der Waals surface area contributed by atoms with Gasteiger partial charge in [-0.25, -0.2) is 8.78 Å². The Labute approximate surface area is 155 Å². The van der Waals surface area contributed by atoms with Crippen molar-refractivity contribution in [3.05, 3.63) is 53.6 Å². The maximum Gasteiger partial charge on any atom is 0.176 e. The van der Waals surface area contributed by atoms with Crippen molar-refractivity contribution in [2.45, 2.75) is 44.2 Å². The van der Waals surface area contributed by atoms with Gasteiger partial charge in [0.2, 0.25) is 0 Å². The van der Waals surface area contributed by atoms with Gasteiger partial charge < -0.3 is 9.16 Å². The van der Waals surface area contributed by atoms with Crippen molar-refractivity contribution in [2.24, 2.45) is 0 Å². The van der Waals surface area contributed by atoms with Crippen LogP contribution in [0.3, 0.4) is 0 Å². The third kappa shape index (κ3) is 4.33. The predicted octanol–water partition coefficient (Wildman–Crippen LogP) is 5.67. The van der Waals surface area contributed by atoms with Crippen molar-refractivity contribution in [1.29, 1.82) is 0 Å². The number of halogens is 2. The molecule has 1 aliphatic rings. The first-order valence-electron chi connectivity index (χ1n) is 9.37. The van der Waals surface area contributed by atoms with E-state index in [1.54, 1.807) is 31.4 Å². The summed E-state index contributed by atoms with van der Waals surface area (Å²) in [7, 11) is 0.790. The van der Waals surface area contributed by atoms with E-state index in [9.17, 15) is 8.78 Å². The maximum atomic E-state index is 14.7. The van der Waals surface area contributed by atoms with Crippen LogP contribution in [0.4, 0.5) is 8.78 Å². The van der Waals surface area contributed by atoms with Gasteiger partial charge in [0.05, 0.1) is 6.61 Å². The molecule has 0 saturated carbocycles. The Morgan fingerprint density at radius 1 is 1.00 bits per heavy atom. The molecule has 0 spiro atoms. The molecule has 0 aromatic heterocycles. The lowest BCUT2D eigenvalue weighted by atomic mass is 9.91. The van der Waals surface area contributed by atoms with E-state index in [0.717, 1.165) is 36.9 Å². The molecule has 1 fully saturated rings. The van der Waals surface area contributed by atoms with E-state index in [2.05, 4.69) is 0 Å². The molecule has 2 aromatic carbocycles. The molecule has 1 saturated heterocycles. The number of hydrogen-bond acceptors (Lipinski definition) is 2. The second kappa shape index (κ2) is 8.78. The molecule has 26 heavy (non-hydrogen) atoms. The predicted molar refractivity (Wildman–Crippen MR) is 103 cm³/mol. The quantitative estimate of drug-likeness (QED) is 0.605. The van der Waals surface area contributed by atoms with Crippen molar-refractivity contribution in [2.75, 3.05) is 13.7 Å². The van der Waals surface area contributed by atoms with Crippen molar-refractivity contribution < 1.29 is 17.9 Å². The Hall–Kier alpha value is -1.72. The average molecular weight is 377 g/mol. The van der Waals surface area contributed by atoms with Crippen LogP contribution < -0.4 is 4.74 Å². The third-order valence-electron chi connectivity index (χ3n) is 5.18. The SMILES string of the molecule is CCCOc1ccc(-c2ccc(C3CC[SiH](OC)CC3)cc2F)c(F)c1. The summed E-state index contributed by atoms with van der Waals surface area (Å²) in [6.45, 7) is 2.53. The van der Waals surface area contributed by atoms with Gasteiger partial charge >= 0.3 is 0 Å². The standard InChI is InChI=1S/C21H26F2O2Si/c1-3-10-25-17-5-7-19(21(23)14-17)18-6-4-16(13-20(18)22)15-8-11-26(24-2)12-9-15/h4-7,13-15,26H,3,8-12H2,1-2H3. The molecule has 0 radical (unpaired) electrons. The van der Waals surface area contributed by atoms with Crippen LogP contribution >= 0.6 is 0 Å². The lowest BCUT2D eigenvalue weighted by molar-refractivity contribution is 0.316. The molecular weight excluding hydrogens is 350 g/mol. The average Bonchev–Trinajstić information content (AvgIpc) is 2.67. The van der Waals surface area contributed by atoms with Crippen LogP contribution in [0, 0.1) is 11.6 Å². The second-order valence-corrected chi connectivity index (χ2v) is 9.81. The minimum Gasteiger partial charge on any atom is -0.494 e. The molecule has 0 unspecified atom stereocenters. The fourth-order valence-electron chi connectivity index (χ4n) is 3.66. The van der Waals surface area contributed by atoms with Crippen molar-refractivity contribution in [3.63, 3.8) is 0 Å². The minimum absolute atomic E-state index is 0.272. The number of rotatable bonds is 6. The Bertz CT molecular complexity index is 743. The molecule has 0 bridgehead atoms. The molecule has 0 amide bonds. The zero-order valence-corrected chi connectivity index (χ0v) is 16.6. The Balaban J connectivity index is 1.77. The lowest BCUT2D eigenvalue weighted by Gasteiger charge is -2.27. The Kier molecular flexibility index (Phi) is 6.43. The van der Waals surface area contributed by atoms with E-state index >= 15 is 0 Å². The van der Waals surface area contributed by atoms with Gasteiger partial charge in [-0.3, -0.25) is 0 Å². The summed E-state index contributed by atoms with van der Waals surface area (Å²) in [4.78, 5) is 0. The van der Waals surface area contributed by atoms with E-state index in [0.29, 0.717) is 23.8 Å². The Morgan fingerprint density at radius 2 is 1.65 bits per heavy atom. The van der Waals surface area contributed by atoms with E-state index in [1.807, 2.05) is 13.0 Å². The van der Waals surface area contributed by atoms with E-state index in [4.69, 9.17) is 9.16 Å². The Morgan fingerprint density at radius 3 is 2.23 bits per heavy atom. The van der Waals surface area contributed by atoms with Crippen LogP contribution in [0.2, 0.25) is 12.1 Å². The molecule has 140 valence electrons. The summed E-state index contributed by atoms with van der Waals surface area (Å²) < 4.78 is 40.1. The van der Waals surface area contributed by atoms with Crippen LogP contribution in [0.15, 0.2) is 36.4 Å². The molecule has 1 heterocycles. The highest BCUT2D eigenvalue weighted by Crippen LogP contribution is 2.36. The molecule has 3 rings (SSSR count). The molecule has 1 aliphatic heterocycles. The van der Waals surface area contributed by atoms with Gasteiger partial charge in [-0.05, 0) is 61.0 Å². The van der Waals surface area contributed by atoms with Gasteiger partial charge in [0, 0.05) is 24.3 Å². The minimum atomic E-state index is -1.01. The summed E-state index contributed by atoms with van der Waals surface area (Å²) in [6.07, 6.45) is 2.97. The largest absolute Gasteiger partial charge is 0.494 e. The van der Waals surface area contributed by atoms with E-state index < -0.39 is 14.9 Å². The lowest BCUT2D eigenvalue weighted by Crippen LogP contribution is -2.22. The molecule has 2 nitrogen and oxygen atoms in total. The van der Waals surface area contributed by atoms with Gasteiger partial charge in [0.25, 0.3) is 0 Å². The van der Waals surface area contributed by atoms with Crippen LogP contribution in [-0.2, 0) is 4.43 Å². The second-order valence-electron chi connectivity index (χ2n) is 6.94. The normalized spacial score (nSPS) is 20.2. The fraction of sp³-hybridized carbons (Fsp3) is 0.429. The first-order chi connectivity index (χ1) is 12.6. The number of benzene rings is 2. The highest BCUT2D eigenvalue weighted by Gasteiger charge is 2.24. The van der Waals surface area contributed by atoms with Crippen LogP contribution in [0.25, 0.3) is 11.1 Å². The van der Waals surface area contributed by atoms with Crippen LogP contribution in [0.1, 0.15) is 37.7 Å². The number of ether oxygens (including phenoxy) is 1. The number of hydrogen-bond donors (Lipinski definition) is 0. The van der Waals surface area contributed by atoms with Gasteiger partial charge in [-0.15, -0.1) is 0 Å². The highest BCUT2D eigenvalue weighted by atomic mass is 28.3. The summed E-state index contributed by atoms with van der Waals surface area (Å²) in [5.74, 6) is 0.0305. The fourth-order valence-corrected chi connectivity index (χ4v) is 5.97. The zero-order chi connectivity index (χ0) is 18.5. The topological polar surface area (TPSA) is 18.5 Å². The zero-order valence-electron chi connectivity index (χ0n) is 15.4. The highest BCUT2D eigenvalue weighted by molar-refractivity contribution is 6.52. The third-order valence-corrected chi connectivity index (χ3v) is 7.80. The molecular formula is C21H26F2O2Si. The molecule has 0 N–H and O–H groups in total. The van der Waals surface area contributed by atoms with E-state index in [-0.39, 0.29) is 11.4 Å². The molecule has 5 heteroatoms. The molecule has 0 aliphatic carbocycles. The summed E-state index contributed by atoms with van der Waals surface area (Å²) in [6, 6.07) is 12.1. The molecule has 0 atom stereocenters. The summed E-state index contributed by atoms with van der Waals surface area (Å²) in [5.41, 5.74) is 1.58. The smallest absolute Gasteiger partial charge is 0.176 e. The van der Waals surface area contributed by atoms with Crippen molar-refractivity contribution in [3.8, 4) is 16.9 Å². The van der Waals surface area contributed by atoms with Crippen LogP contribution in [-0.4, -0.2) is 22.8 Å². The monoisotopic (exact) mass is 376 g/mol. The van der Waals surface area contributed by atoms with E-state index in [1.165, 1.54) is 6.07 Å². The van der Waals surface area contributed by atoms with Gasteiger partial charge in [0.15, 0.2) is 9.04 Å². The summed E-state index contributed by atoms with van der Waals surface area (Å²) in [5, 5.41) is 0. The van der Waals surface area contributed by atoms with Gasteiger partial charge in [0.1, 0.15) is 17.4 Å². The van der Waals surface area contributed by atoms with Crippen molar-refractivity contribution >= 4 is 9.04 Å². The summed E-state index contributed by atoms with van der Waals surface area (Å²) >= 11 is 0.